The standard InChI is InChI=1S/C22H22N4O2/c1-14(2)23-20-13-19(25-21(26-20)17-7-5-4-6-8-17)22(28)24-18-11-9-16(10-12-18)15(3)27/h4-14H,1-3H3,(H,24,28)(H,23,25,26). The van der Waals surface area contributed by atoms with Crippen molar-refractivity contribution in [3.63, 3.8) is 0 Å². The van der Waals surface area contributed by atoms with Crippen LogP contribution in [0.2, 0.25) is 0 Å². The number of nitrogens with zero attached hydrogens (tertiary/aromatic N) is 2. The van der Waals surface area contributed by atoms with E-state index in [0.717, 1.165) is 5.56 Å². The zero-order valence-corrected chi connectivity index (χ0v) is 16.1. The number of hydrogen-bond acceptors (Lipinski definition) is 5. The van der Waals surface area contributed by atoms with Crippen LogP contribution >= 0.6 is 0 Å². The maximum atomic E-state index is 12.8. The zero-order valence-electron chi connectivity index (χ0n) is 16.1. The molecule has 28 heavy (non-hydrogen) atoms. The number of Topliss-reactive ketones (excluding diaryl/α,β-unsaturated/α-hetero) is 1. The summed E-state index contributed by atoms with van der Waals surface area (Å²) in [5, 5.41) is 6.04. The first kappa shape index (κ1) is 19.2. The van der Waals surface area contributed by atoms with Crippen LogP contribution in [0, 0.1) is 0 Å². The molecule has 0 unspecified atom stereocenters. The molecule has 0 saturated heterocycles. The van der Waals surface area contributed by atoms with Gasteiger partial charge in [-0.05, 0) is 45.0 Å². The number of carbonyl (C=O) groups excluding carboxylic acids is 2. The van der Waals surface area contributed by atoms with Crippen molar-refractivity contribution in [2.75, 3.05) is 10.6 Å². The highest BCUT2D eigenvalue weighted by atomic mass is 16.2. The summed E-state index contributed by atoms with van der Waals surface area (Å²) in [6, 6.07) is 18.1. The molecular weight excluding hydrogens is 352 g/mol. The second-order valence-corrected chi connectivity index (χ2v) is 6.71. The molecule has 0 aliphatic heterocycles. The Morgan fingerprint density at radius 1 is 0.929 bits per heavy atom. The first-order chi connectivity index (χ1) is 13.4. The minimum Gasteiger partial charge on any atom is -0.368 e. The minimum atomic E-state index is -0.345. The Morgan fingerprint density at radius 3 is 2.21 bits per heavy atom. The third-order valence-electron chi connectivity index (χ3n) is 3.98. The molecule has 1 heterocycles. The summed E-state index contributed by atoms with van der Waals surface area (Å²) in [5.41, 5.74) is 2.27. The van der Waals surface area contributed by atoms with Crippen molar-refractivity contribution >= 4 is 23.2 Å². The van der Waals surface area contributed by atoms with E-state index < -0.39 is 0 Å². The molecule has 2 aromatic carbocycles. The Morgan fingerprint density at radius 2 is 1.61 bits per heavy atom. The molecule has 142 valence electrons. The zero-order chi connectivity index (χ0) is 20.1. The van der Waals surface area contributed by atoms with Crippen molar-refractivity contribution in [3.05, 3.63) is 71.9 Å². The van der Waals surface area contributed by atoms with Crippen LogP contribution in [0.3, 0.4) is 0 Å². The molecule has 0 aliphatic rings. The molecule has 1 amide bonds. The molecule has 0 spiro atoms. The van der Waals surface area contributed by atoms with Gasteiger partial charge < -0.3 is 10.6 Å². The molecule has 6 nitrogen and oxygen atoms in total. The van der Waals surface area contributed by atoms with E-state index in [0.29, 0.717) is 22.9 Å². The van der Waals surface area contributed by atoms with Gasteiger partial charge in [-0.1, -0.05) is 30.3 Å². The highest BCUT2D eigenvalue weighted by molar-refractivity contribution is 6.04. The van der Waals surface area contributed by atoms with E-state index in [1.165, 1.54) is 6.92 Å². The molecule has 3 aromatic rings. The van der Waals surface area contributed by atoms with Crippen molar-refractivity contribution in [1.82, 2.24) is 9.97 Å². The van der Waals surface area contributed by atoms with Gasteiger partial charge in [-0.15, -0.1) is 0 Å². The molecule has 3 rings (SSSR count). The van der Waals surface area contributed by atoms with E-state index in [9.17, 15) is 9.59 Å². The van der Waals surface area contributed by atoms with Crippen LogP contribution in [0.25, 0.3) is 11.4 Å². The second-order valence-electron chi connectivity index (χ2n) is 6.71. The molecule has 2 N–H and O–H groups in total. The second kappa shape index (κ2) is 8.43. The molecule has 1 aromatic heterocycles. The van der Waals surface area contributed by atoms with Gasteiger partial charge in [0, 0.05) is 28.9 Å². The van der Waals surface area contributed by atoms with E-state index >= 15 is 0 Å². The van der Waals surface area contributed by atoms with Crippen molar-refractivity contribution in [2.45, 2.75) is 26.8 Å². The average Bonchev–Trinajstić information content (AvgIpc) is 2.68. The largest absolute Gasteiger partial charge is 0.368 e. The van der Waals surface area contributed by atoms with Gasteiger partial charge in [0.15, 0.2) is 11.6 Å². The third kappa shape index (κ3) is 4.79. The predicted molar refractivity (Wildman–Crippen MR) is 111 cm³/mol. The lowest BCUT2D eigenvalue weighted by Crippen LogP contribution is -2.17. The predicted octanol–water partition coefficient (Wildman–Crippen LogP) is 4.42. The van der Waals surface area contributed by atoms with E-state index in [-0.39, 0.29) is 23.4 Å². The van der Waals surface area contributed by atoms with Crippen LogP contribution in [0.4, 0.5) is 11.5 Å². The summed E-state index contributed by atoms with van der Waals surface area (Å²) in [6.45, 7) is 5.50. The lowest BCUT2D eigenvalue weighted by Gasteiger charge is -2.12. The summed E-state index contributed by atoms with van der Waals surface area (Å²) in [7, 11) is 0. The first-order valence-electron chi connectivity index (χ1n) is 9.06. The maximum Gasteiger partial charge on any atom is 0.274 e. The van der Waals surface area contributed by atoms with Gasteiger partial charge in [0.1, 0.15) is 11.5 Å². The monoisotopic (exact) mass is 374 g/mol. The maximum absolute atomic E-state index is 12.8. The number of nitrogens with one attached hydrogen (secondary N) is 2. The number of aromatic nitrogens is 2. The van der Waals surface area contributed by atoms with Crippen LogP contribution in [0.5, 0.6) is 0 Å². The van der Waals surface area contributed by atoms with Crippen LogP contribution in [-0.4, -0.2) is 27.7 Å². The first-order valence-corrected chi connectivity index (χ1v) is 9.06. The van der Waals surface area contributed by atoms with Crippen LogP contribution in [0.15, 0.2) is 60.7 Å². The van der Waals surface area contributed by atoms with Gasteiger partial charge in [-0.2, -0.15) is 0 Å². The van der Waals surface area contributed by atoms with Crippen LogP contribution in [0.1, 0.15) is 41.6 Å². The van der Waals surface area contributed by atoms with Crippen molar-refractivity contribution < 1.29 is 9.59 Å². The van der Waals surface area contributed by atoms with Crippen molar-refractivity contribution in [1.29, 1.82) is 0 Å². The van der Waals surface area contributed by atoms with Gasteiger partial charge in [-0.3, -0.25) is 9.59 Å². The number of benzene rings is 2. The lowest BCUT2D eigenvalue weighted by molar-refractivity contribution is 0.101. The Balaban J connectivity index is 1.90. The molecule has 0 atom stereocenters. The number of anilines is 2. The quantitative estimate of drug-likeness (QED) is 0.624. The van der Waals surface area contributed by atoms with Crippen LogP contribution < -0.4 is 10.6 Å². The molecule has 0 saturated carbocycles. The van der Waals surface area contributed by atoms with E-state index in [1.54, 1.807) is 30.3 Å². The fourth-order valence-corrected chi connectivity index (χ4v) is 2.63. The molecule has 6 heteroatoms. The molecule has 0 bridgehead atoms. The topological polar surface area (TPSA) is 84.0 Å². The Kier molecular flexibility index (Phi) is 5.79. The number of carbonyl (C=O) groups is 2. The Hall–Kier alpha value is -3.54. The fourth-order valence-electron chi connectivity index (χ4n) is 2.63. The van der Waals surface area contributed by atoms with Gasteiger partial charge in [0.2, 0.25) is 0 Å². The SMILES string of the molecule is CC(=O)c1ccc(NC(=O)c2cc(NC(C)C)nc(-c3ccccc3)n2)cc1. The van der Waals surface area contributed by atoms with Crippen LogP contribution in [-0.2, 0) is 0 Å². The summed E-state index contributed by atoms with van der Waals surface area (Å²) in [4.78, 5) is 33.1. The van der Waals surface area contributed by atoms with E-state index in [1.807, 2.05) is 44.2 Å². The highest BCUT2D eigenvalue weighted by Gasteiger charge is 2.14. The Labute approximate surface area is 164 Å². The molecule has 0 radical (unpaired) electrons. The molecule has 0 aliphatic carbocycles. The molecule has 0 fully saturated rings. The van der Waals surface area contributed by atoms with Gasteiger partial charge >= 0.3 is 0 Å². The molecular formula is C22H22N4O2. The third-order valence-corrected chi connectivity index (χ3v) is 3.98. The van der Waals surface area contributed by atoms with Gasteiger partial charge in [0.05, 0.1) is 0 Å². The minimum absolute atomic E-state index is 0.0226. The number of rotatable bonds is 6. The number of amides is 1. The fraction of sp³-hybridized carbons (Fsp3) is 0.182. The average molecular weight is 374 g/mol. The smallest absolute Gasteiger partial charge is 0.274 e. The normalized spacial score (nSPS) is 10.6. The summed E-state index contributed by atoms with van der Waals surface area (Å²) >= 11 is 0. The van der Waals surface area contributed by atoms with Gasteiger partial charge in [0.25, 0.3) is 5.91 Å². The van der Waals surface area contributed by atoms with Gasteiger partial charge in [-0.25, -0.2) is 9.97 Å². The number of ketones is 1. The lowest BCUT2D eigenvalue weighted by atomic mass is 10.1. The van der Waals surface area contributed by atoms with E-state index in [4.69, 9.17) is 0 Å². The Bertz CT molecular complexity index is 983. The van der Waals surface area contributed by atoms with Crippen molar-refractivity contribution in [3.8, 4) is 11.4 Å². The highest BCUT2D eigenvalue weighted by Crippen LogP contribution is 2.19. The summed E-state index contributed by atoms with van der Waals surface area (Å²) in [5.74, 6) is 0.691. The van der Waals surface area contributed by atoms with E-state index in [2.05, 4.69) is 20.6 Å². The van der Waals surface area contributed by atoms with Crippen molar-refractivity contribution in [2.24, 2.45) is 0 Å². The summed E-state index contributed by atoms with van der Waals surface area (Å²) < 4.78 is 0. The number of hydrogen-bond donors (Lipinski definition) is 2. The summed E-state index contributed by atoms with van der Waals surface area (Å²) in [6.07, 6.45) is 0.